The van der Waals surface area contributed by atoms with E-state index in [4.69, 9.17) is 0 Å². The highest BCUT2D eigenvalue weighted by Gasteiger charge is 2.39. The smallest absolute Gasteiger partial charge is 0.268 e. The van der Waals surface area contributed by atoms with E-state index in [0.29, 0.717) is 0 Å². The number of benzene rings is 1. The molecule has 0 spiro atoms. The molecule has 0 saturated heterocycles. The lowest BCUT2D eigenvalue weighted by atomic mass is 10.1. The van der Waals surface area contributed by atoms with Crippen molar-refractivity contribution < 1.29 is 30.7 Å². The van der Waals surface area contributed by atoms with E-state index in [1.54, 1.807) is 0 Å². The highest BCUT2D eigenvalue weighted by Crippen LogP contribution is 2.30. The molecule has 0 radical (unpaired) electrons. The number of nitrogens with one attached hydrogen (secondary N) is 2. The molecule has 24 heavy (non-hydrogen) atoms. The van der Waals surface area contributed by atoms with Crippen LogP contribution < -0.4 is 16.8 Å². The summed E-state index contributed by atoms with van der Waals surface area (Å²) in [5, 5.41) is 1.13. The van der Waals surface area contributed by atoms with Gasteiger partial charge in [0.05, 0.1) is 6.42 Å². The Labute approximate surface area is 125 Å². The van der Waals surface area contributed by atoms with E-state index < -0.39 is 68.6 Å². The minimum absolute atomic E-state index is 0.797. The SMILES string of the molecule is O=c1[nH]c(=O)n(C(F)(F)Cc2c(F)c(F)c(F)c(F)c2F)[nH]c1=O. The maximum absolute atomic E-state index is 13.9. The Hall–Kier alpha value is -2.86. The standard InChI is InChI=1S/C11H4F7N3O3/c12-3-2(4(13)6(15)7(16)5(3)14)1-11(17,18)21-10(24)19-8(22)9(23)20-21/h1H2,(H,20,23)(H,19,22,24). The lowest BCUT2D eigenvalue weighted by Gasteiger charge is -2.18. The van der Waals surface area contributed by atoms with Gasteiger partial charge in [0.1, 0.15) is 0 Å². The van der Waals surface area contributed by atoms with Crippen LogP contribution in [-0.4, -0.2) is 14.8 Å². The maximum Gasteiger partial charge on any atom is 0.350 e. The van der Waals surface area contributed by atoms with Gasteiger partial charge in [0, 0.05) is 5.56 Å². The summed E-state index contributed by atoms with van der Waals surface area (Å²) >= 11 is 0. The van der Waals surface area contributed by atoms with Crippen LogP contribution in [0, 0.1) is 29.1 Å². The molecule has 2 aromatic rings. The van der Waals surface area contributed by atoms with Gasteiger partial charge in [-0.15, -0.1) is 0 Å². The van der Waals surface area contributed by atoms with E-state index in [1.807, 2.05) is 0 Å². The van der Waals surface area contributed by atoms with Gasteiger partial charge in [-0.1, -0.05) is 0 Å². The third-order valence-electron chi connectivity index (χ3n) is 2.86. The minimum atomic E-state index is -4.63. The third kappa shape index (κ3) is 2.72. The monoisotopic (exact) mass is 359 g/mol. The number of halogens is 7. The summed E-state index contributed by atoms with van der Waals surface area (Å²) in [6.07, 6.45) is -2.17. The lowest BCUT2D eigenvalue weighted by molar-refractivity contribution is -0.0986. The van der Waals surface area contributed by atoms with E-state index in [1.165, 1.54) is 4.98 Å². The summed E-state index contributed by atoms with van der Waals surface area (Å²) in [5.74, 6) is -12.5. The quantitative estimate of drug-likeness (QED) is 0.366. The topological polar surface area (TPSA) is 87.7 Å². The summed E-state index contributed by atoms with van der Waals surface area (Å²) in [5.41, 5.74) is -7.06. The van der Waals surface area contributed by atoms with Crippen LogP contribution in [0.2, 0.25) is 0 Å². The lowest BCUT2D eigenvalue weighted by Crippen LogP contribution is -2.49. The third-order valence-corrected chi connectivity index (χ3v) is 2.86. The average molecular weight is 359 g/mol. The van der Waals surface area contributed by atoms with Crippen molar-refractivity contribution in [3.8, 4) is 0 Å². The summed E-state index contributed by atoms with van der Waals surface area (Å²) in [7, 11) is 0. The number of nitrogens with zero attached hydrogens (tertiary/aromatic N) is 1. The first-order valence-corrected chi connectivity index (χ1v) is 5.81. The fourth-order valence-electron chi connectivity index (χ4n) is 1.74. The number of H-pyrrole nitrogens is 2. The highest BCUT2D eigenvalue weighted by molar-refractivity contribution is 5.24. The molecular formula is C11H4F7N3O3. The number of aromatic amines is 2. The van der Waals surface area contributed by atoms with Crippen molar-refractivity contribution in [3.63, 3.8) is 0 Å². The van der Waals surface area contributed by atoms with E-state index >= 15 is 0 Å². The highest BCUT2D eigenvalue weighted by atomic mass is 19.3. The average Bonchev–Trinajstić information content (AvgIpc) is 2.51. The van der Waals surface area contributed by atoms with Crippen molar-refractivity contribution >= 4 is 0 Å². The van der Waals surface area contributed by atoms with Gasteiger partial charge in [0.25, 0.3) is 0 Å². The first-order chi connectivity index (χ1) is 11.0. The zero-order chi connectivity index (χ0) is 18.4. The maximum atomic E-state index is 13.9. The molecule has 0 aliphatic carbocycles. The minimum Gasteiger partial charge on any atom is -0.268 e. The molecule has 6 nitrogen and oxygen atoms in total. The largest absolute Gasteiger partial charge is 0.350 e. The predicted molar refractivity (Wildman–Crippen MR) is 62.1 cm³/mol. The van der Waals surface area contributed by atoms with Crippen molar-refractivity contribution in [1.82, 2.24) is 14.8 Å². The predicted octanol–water partition coefficient (Wildman–Crippen LogP) is 0.712. The molecule has 130 valence electrons. The Morgan fingerprint density at radius 3 is 1.75 bits per heavy atom. The van der Waals surface area contributed by atoms with Crippen molar-refractivity contribution in [2.75, 3.05) is 0 Å². The van der Waals surface area contributed by atoms with Gasteiger partial charge < -0.3 is 0 Å². The van der Waals surface area contributed by atoms with Gasteiger partial charge in [0.2, 0.25) is 5.82 Å². The van der Waals surface area contributed by atoms with Gasteiger partial charge in [0.15, 0.2) is 23.3 Å². The molecule has 0 fully saturated rings. The summed E-state index contributed by atoms with van der Waals surface area (Å²) in [4.78, 5) is 34.2. The van der Waals surface area contributed by atoms with Gasteiger partial charge in [-0.2, -0.15) is 13.5 Å². The zero-order valence-electron chi connectivity index (χ0n) is 11.0. The number of alkyl halides is 2. The fraction of sp³-hybridized carbons (Fsp3) is 0.182. The Morgan fingerprint density at radius 2 is 1.25 bits per heavy atom. The Morgan fingerprint density at radius 1 is 0.792 bits per heavy atom. The number of hydrogen-bond donors (Lipinski definition) is 2. The molecule has 0 unspecified atom stereocenters. The van der Waals surface area contributed by atoms with Gasteiger partial charge >= 0.3 is 22.9 Å². The molecule has 0 aliphatic rings. The normalized spacial score (nSPS) is 11.8. The molecule has 13 heteroatoms. The van der Waals surface area contributed by atoms with Crippen LogP contribution in [0.25, 0.3) is 0 Å². The summed E-state index contributed by atoms with van der Waals surface area (Å²) in [6, 6.07) is -4.63. The second kappa shape index (κ2) is 5.65. The van der Waals surface area contributed by atoms with Crippen LogP contribution in [0.5, 0.6) is 0 Å². The van der Waals surface area contributed by atoms with E-state index in [0.717, 1.165) is 5.10 Å². The number of hydrogen-bond acceptors (Lipinski definition) is 3. The van der Waals surface area contributed by atoms with E-state index in [2.05, 4.69) is 0 Å². The molecular weight excluding hydrogens is 355 g/mol. The molecule has 0 amide bonds. The van der Waals surface area contributed by atoms with Gasteiger partial charge in [-0.05, 0) is 0 Å². The molecule has 0 bridgehead atoms. The van der Waals surface area contributed by atoms with E-state index in [-0.39, 0.29) is 0 Å². The van der Waals surface area contributed by atoms with Crippen LogP contribution in [0.3, 0.4) is 0 Å². The Bertz CT molecular complexity index is 963. The Kier molecular flexibility index (Phi) is 4.12. The molecule has 2 N–H and O–H groups in total. The molecule has 1 aromatic heterocycles. The summed E-state index contributed by atoms with van der Waals surface area (Å²) < 4.78 is 92.8. The van der Waals surface area contributed by atoms with Crippen molar-refractivity contribution in [1.29, 1.82) is 0 Å². The Balaban J connectivity index is 2.63. The van der Waals surface area contributed by atoms with Crippen molar-refractivity contribution in [2.45, 2.75) is 12.5 Å². The van der Waals surface area contributed by atoms with Crippen LogP contribution in [0.15, 0.2) is 14.4 Å². The van der Waals surface area contributed by atoms with Crippen molar-refractivity contribution in [2.24, 2.45) is 0 Å². The molecule has 0 aliphatic heterocycles. The molecule has 0 atom stereocenters. The van der Waals surface area contributed by atoms with Crippen LogP contribution in [0.4, 0.5) is 30.7 Å². The molecule has 1 aromatic carbocycles. The van der Waals surface area contributed by atoms with Gasteiger partial charge in [-0.25, -0.2) is 26.7 Å². The van der Waals surface area contributed by atoms with Crippen LogP contribution in [-0.2, 0) is 12.5 Å². The number of rotatable bonds is 3. The second-order valence-corrected chi connectivity index (χ2v) is 4.43. The van der Waals surface area contributed by atoms with Gasteiger partial charge in [-0.3, -0.25) is 19.7 Å². The second-order valence-electron chi connectivity index (χ2n) is 4.43. The number of aromatic nitrogens is 3. The summed E-state index contributed by atoms with van der Waals surface area (Å²) in [6.45, 7) is 0. The van der Waals surface area contributed by atoms with E-state index in [9.17, 15) is 45.1 Å². The molecule has 2 rings (SSSR count). The van der Waals surface area contributed by atoms with Crippen LogP contribution in [0.1, 0.15) is 5.56 Å². The molecule has 0 saturated carbocycles. The fourth-order valence-corrected chi connectivity index (χ4v) is 1.74. The van der Waals surface area contributed by atoms with Crippen LogP contribution >= 0.6 is 0 Å². The molecule has 1 heterocycles. The zero-order valence-corrected chi connectivity index (χ0v) is 11.0. The van der Waals surface area contributed by atoms with Crippen molar-refractivity contribution in [3.05, 3.63) is 65.8 Å². The first kappa shape index (κ1) is 17.5. The first-order valence-electron chi connectivity index (χ1n) is 5.81.